The molecule has 0 aromatic heterocycles. The molecule has 0 unspecified atom stereocenters. The first-order valence-corrected chi connectivity index (χ1v) is 10.2. The summed E-state index contributed by atoms with van der Waals surface area (Å²) in [5, 5.41) is 15.6. The van der Waals surface area contributed by atoms with E-state index in [2.05, 4.69) is 24.4 Å². The van der Waals surface area contributed by atoms with Crippen LogP contribution in [-0.4, -0.2) is 24.3 Å². The predicted molar refractivity (Wildman–Crippen MR) is 123 cm³/mol. The van der Waals surface area contributed by atoms with Crippen molar-refractivity contribution in [3.05, 3.63) is 101 Å². The third-order valence-corrected chi connectivity index (χ3v) is 5.32. The van der Waals surface area contributed by atoms with Gasteiger partial charge in [-0.05, 0) is 52.8 Å². The Bertz CT molecular complexity index is 1020. The van der Waals surface area contributed by atoms with Gasteiger partial charge in [0.05, 0.1) is 13.3 Å². The minimum absolute atomic E-state index is 0.276. The molecule has 31 heavy (non-hydrogen) atoms. The number of hydrogen-bond donors (Lipinski definition) is 2. The van der Waals surface area contributed by atoms with Crippen molar-refractivity contribution in [2.24, 2.45) is 5.10 Å². The third-order valence-electron chi connectivity index (χ3n) is 5.32. The molecule has 0 aliphatic carbocycles. The fraction of sp³-hybridized carbons (Fsp3) is 0.231. The van der Waals surface area contributed by atoms with Crippen molar-refractivity contribution in [2.45, 2.75) is 32.3 Å². The molecule has 0 aliphatic heterocycles. The van der Waals surface area contributed by atoms with Crippen LogP contribution in [0.2, 0.25) is 0 Å². The molecular weight excluding hydrogens is 388 g/mol. The highest BCUT2D eigenvalue weighted by atomic mass is 16.5. The number of hydrazone groups is 1. The summed E-state index contributed by atoms with van der Waals surface area (Å²) in [6.07, 6.45) is 1.59. The summed E-state index contributed by atoms with van der Waals surface area (Å²) in [5.74, 6) is 0.478. The highest BCUT2D eigenvalue weighted by Gasteiger charge is 2.39. The number of nitrogens with zero attached hydrogens (tertiary/aromatic N) is 1. The third kappa shape index (κ3) is 4.67. The maximum atomic E-state index is 13.1. The number of nitrogens with one attached hydrogen (secondary N) is 1. The van der Waals surface area contributed by atoms with E-state index in [1.165, 1.54) is 0 Å². The number of methoxy groups -OCH3 is 1. The van der Waals surface area contributed by atoms with Crippen LogP contribution in [0.25, 0.3) is 0 Å². The molecule has 0 saturated carbocycles. The van der Waals surface area contributed by atoms with E-state index in [1.807, 2.05) is 31.2 Å². The van der Waals surface area contributed by atoms with E-state index >= 15 is 0 Å². The average Bonchev–Trinajstić information content (AvgIpc) is 2.80. The Morgan fingerprint density at radius 2 is 1.58 bits per heavy atom. The molecule has 3 aromatic rings. The molecule has 0 radical (unpaired) electrons. The van der Waals surface area contributed by atoms with Crippen molar-refractivity contribution >= 4 is 12.1 Å². The zero-order valence-electron chi connectivity index (χ0n) is 18.3. The van der Waals surface area contributed by atoms with Crippen LogP contribution in [-0.2, 0) is 10.4 Å². The van der Waals surface area contributed by atoms with Crippen LogP contribution in [0.3, 0.4) is 0 Å². The summed E-state index contributed by atoms with van der Waals surface area (Å²) in [6, 6.07) is 21.7. The van der Waals surface area contributed by atoms with Crippen LogP contribution in [0, 0.1) is 6.92 Å². The van der Waals surface area contributed by atoms with Gasteiger partial charge in [-0.2, -0.15) is 5.10 Å². The Hall–Kier alpha value is -3.44. The van der Waals surface area contributed by atoms with Crippen molar-refractivity contribution in [3.63, 3.8) is 0 Å². The first kappa shape index (κ1) is 22.2. The minimum Gasteiger partial charge on any atom is -0.496 e. The molecule has 0 spiro atoms. The number of amides is 1. The Balaban J connectivity index is 1.91. The number of carbonyl (C=O) groups is 1. The van der Waals surface area contributed by atoms with Gasteiger partial charge in [0.1, 0.15) is 5.75 Å². The second-order valence-corrected chi connectivity index (χ2v) is 7.75. The van der Waals surface area contributed by atoms with Crippen LogP contribution >= 0.6 is 0 Å². The van der Waals surface area contributed by atoms with Gasteiger partial charge in [0.25, 0.3) is 5.91 Å². The van der Waals surface area contributed by atoms with Crippen LogP contribution < -0.4 is 10.2 Å². The van der Waals surface area contributed by atoms with Gasteiger partial charge >= 0.3 is 0 Å². The summed E-state index contributed by atoms with van der Waals surface area (Å²) in [4.78, 5) is 13.1. The lowest BCUT2D eigenvalue weighted by Gasteiger charge is -2.27. The second-order valence-electron chi connectivity index (χ2n) is 7.75. The highest BCUT2D eigenvalue weighted by Crippen LogP contribution is 2.30. The van der Waals surface area contributed by atoms with Gasteiger partial charge in [-0.25, -0.2) is 5.43 Å². The molecule has 3 rings (SSSR count). The second kappa shape index (κ2) is 9.58. The number of hydrogen-bond acceptors (Lipinski definition) is 4. The van der Waals surface area contributed by atoms with E-state index < -0.39 is 11.5 Å². The van der Waals surface area contributed by atoms with Gasteiger partial charge in [0, 0.05) is 0 Å². The monoisotopic (exact) mass is 416 g/mol. The molecule has 0 fully saturated rings. The molecule has 0 heterocycles. The van der Waals surface area contributed by atoms with Crippen molar-refractivity contribution in [1.82, 2.24) is 5.43 Å². The van der Waals surface area contributed by atoms with Crippen LogP contribution in [0.4, 0.5) is 0 Å². The molecule has 2 N–H and O–H groups in total. The molecule has 160 valence electrons. The molecule has 3 aromatic carbocycles. The standard InChI is InChI=1S/C26H28N2O3/c1-18(2)23-16-20(19(3)15-24(23)31-4)17-27-28-25(29)26(30,21-11-7-5-8-12-21)22-13-9-6-10-14-22/h5-18,30H,1-4H3,(H,28,29)/b27-17-. The van der Waals surface area contributed by atoms with Gasteiger partial charge < -0.3 is 9.84 Å². The average molecular weight is 417 g/mol. The van der Waals surface area contributed by atoms with Gasteiger partial charge in [-0.3, -0.25) is 4.79 Å². The first-order valence-electron chi connectivity index (χ1n) is 10.2. The SMILES string of the molecule is COc1cc(C)c(/C=N\NC(=O)C(O)(c2ccccc2)c2ccccc2)cc1C(C)C. The quantitative estimate of drug-likeness (QED) is 0.440. The van der Waals surface area contributed by atoms with Gasteiger partial charge in [0.15, 0.2) is 5.60 Å². The molecule has 1 amide bonds. The molecule has 0 atom stereocenters. The summed E-state index contributed by atoms with van der Waals surface area (Å²) < 4.78 is 5.48. The molecule has 5 nitrogen and oxygen atoms in total. The predicted octanol–water partition coefficient (Wildman–Crippen LogP) is 4.51. The maximum absolute atomic E-state index is 13.1. The first-order chi connectivity index (χ1) is 14.9. The molecular formula is C26H28N2O3. The van der Waals surface area contributed by atoms with Crippen LogP contribution in [0.1, 0.15) is 47.6 Å². The van der Waals surface area contributed by atoms with Gasteiger partial charge in [-0.1, -0.05) is 74.5 Å². The van der Waals surface area contributed by atoms with Crippen LogP contribution in [0.5, 0.6) is 5.75 Å². The van der Waals surface area contributed by atoms with Gasteiger partial charge in [-0.15, -0.1) is 0 Å². The van der Waals surface area contributed by atoms with Gasteiger partial charge in [0.2, 0.25) is 0 Å². The number of aryl methyl sites for hydroxylation is 1. The lowest BCUT2D eigenvalue weighted by atomic mass is 9.85. The maximum Gasteiger partial charge on any atom is 0.281 e. The van der Waals surface area contributed by atoms with Crippen molar-refractivity contribution in [2.75, 3.05) is 7.11 Å². The fourth-order valence-electron chi connectivity index (χ4n) is 3.51. The number of benzene rings is 3. The molecule has 0 bridgehead atoms. The topological polar surface area (TPSA) is 70.9 Å². The number of ether oxygens (including phenoxy) is 1. The van der Waals surface area contributed by atoms with Crippen LogP contribution in [0.15, 0.2) is 77.9 Å². The molecule has 0 saturated heterocycles. The van der Waals surface area contributed by atoms with Crippen molar-refractivity contribution < 1.29 is 14.6 Å². The summed E-state index contributed by atoms with van der Waals surface area (Å²) in [6.45, 7) is 6.14. The number of aliphatic hydroxyl groups is 1. The zero-order valence-corrected chi connectivity index (χ0v) is 18.3. The molecule has 0 aliphatic rings. The Kier molecular flexibility index (Phi) is 6.88. The zero-order chi connectivity index (χ0) is 22.4. The van der Waals surface area contributed by atoms with E-state index in [4.69, 9.17) is 4.74 Å². The van der Waals surface area contributed by atoms with Crippen molar-refractivity contribution in [3.8, 4) is 5.75 Å². The van der Waals surface area contributed by atoms with E-state index in [9.17, 15) is 9.90 Å². The molecule has 5 heteroatoms. The smallest absolute Gasteiger partial charge is 0.281 e. The van der Waals surface area contributed by atoms with E-state index in [0.29, 0.717) is 11.1 Å². The number of rotatable bonds is 7. The van der Waals surface area contributed by atoms with E-state index in [1.54, 1.807) is 61.9 Å². The van der Waals surface area contributed by atoms with E-state index in [0.717, 1.165) is 22.4 Å². The largest absolute Gasteiger partial charge is 0.496 e. The van der Waals surface area contributed by atoms with Crippen molar-refractivity contribution in [1.29, 1.82) is 0 Å². The highest BCUT2D eigenvalue weighted by molar-refractivity contribution is 5.91. The Morgan fingerprint density at radius 3 is 2.06 bits per heavy atom. The fourth-order valence-corrected chi connectivity index (χ4v) is 3.51. The summed E-state index contributed by atoms with van der Waals surface area (Å²) in [7, 11) is 1.66. The lowest BCUT2D eigenvalue weighted by Crippen LogP contribution is -2.43. The number of carbonyl (C=O) groups excluding carboxylic acids is 1. The summed E-state index contributed by atoms with van der Waals surface area (Å²) in [5.41, 5.74) is 4.50. The minimum atomic E-state index is -1.86. The Labute approximate surface area is 183 Å². The summed E-state index contributed by atoms with van der Waals surface area (Å²) >= 11 is 0. The van der Waals surface area contributed by atoms with E-state index in [-0.39, 0.29) is 5.92 Å². The lowest BCUT2D eigenvalue weighted by molar-refractivity contribution is -0.136. The normalized spacial score (nSPS) is 11.7. The Morgan fingerprint density at radius 1 is 1.03 bits per heavy atom.